The highest BCUT2D eigenvalue weighted by Gasteiger charge is 2.34. The molecule has 3 unspecified atom stereocenters. The molecular formula is C11H17N3O4. The monoisotopic (exact) mass is 255 g/mol. The number of rotatable bonds is 3. The minimum Gasteiger partial charge on any atom is -0.396 e. The average Bonchev–Trinajstić information content (AvgIpc) is 2.70. The molecule has 100 valence electrons. The van der Waals surface area contributed by atoms with Crippen LogP contribution in [0.25, 0.3) is 0 Å². The van der Waals surface area contributed by atoms with E-state index < -0.39 is 17.4 Å². The second-order valence-corrected chi connectivity index (χ2v) is 4.59. The fourth-order valence-corrected chi connectivity index (χ4v) is 2.52. The molecule has 3 atom stereocenters. The number of aromatic amines is 1. The molecule has 7 heteroatoms. The predicted octanol–water partition coefficient (Wildman–Crippen LogP) is -1.12. The summed E-state index contributed by atoms with van der Waals surface area (Å²) in [5.41, 5.74) is -0.706. The van der Waals surface area contributed by atoms with Gasteiger partial charge in [-0.2, -0.15) is 0 Å². The molecule has 1 aliphatic rings. The first kappa shape index (κ1) is 12.8. The normalized spacial score (nSPS) is 27.4. The predicted molar refractivity (Wildman–Crippen MR) is 65.7 cm³/mol. The average molecular weight is 255 g/mol. The van der Waals surface area contributed by atoms with Crippen LogP contribution >= 0.6 is 0 Å². The minimum atomic E-state index is -0.524. The zero-order valence-electron chi connectivity index (χ0n) is 10.1. The Hall–Kier alpha value is -1.60. The van der Waals surface area contributed by atoms with Crippen molar-refractivity contribution in [1.29, 1.82) is 0 Å². The van der Waals surface area contributed by atoms with E-state index >= 15 is 0 Å². The molecule has 1 aromatic rings. The third-order valence-electron chi connectivity index (χ3n) is 3.46. The van der Waals surface area contributed by atoms with Crippen molar-refractivity contribution < 1.29 is 10.2 Å². The lowest BCUT2D eigenvalue weighted by atomic mass is 10.1. The Labute approximate surface area is 103 Å². The molecule has 0 spiro atoms. The Bertz CT molecular complexity index is 536. The van der Waals surface area contributed by atoms with Crippen molar-refractivity contribution in [2.75, 3.05) is 19.0 Å². The number of nitrogens with zero attached hydrogens (tertiary/aromatic N) is 1. The second-order valence-electron chi connectivity index (χ2n) is 4.59. The molecule has 0 aliphatic heterocycles. The molecule has 0 bridgehead atoms. The van der Waals surface area contributed by atoms with Crippen molar-refractivity contribution in [2.45, 2.75) is 25.0 Å². The zero-order chi connectivity index (χ0) is 13.3. The van der Waals surface area contributed by atoms with Gasteiger partial charge in [-0.1, -0.05) is 0 Å². The molecule has 0 aromatic carbocycles. The van der Waals surface area contributed by atoms with E-state index in [9.17, 15) is 19.8 Å². The maximum absolute atomic E-state index is 11.8. The Morgan fingerprint density at radius 3 is 2.83 bits per heavy atom. The van der Waals surface area contributed by atoms with Crippen LogP contribution in [0.4, 0.5) is 5.69 Å². The van der Waals surface area contributed by atoms with Crippen molar-refractivity contribution in [3.63, 3.8) is 0 Å². The molecule has 1 aromatic heterocycles. The number of aromatic nitrogens is 2. The highest BCUT2D eigenvalue weighted by molar-refractivity contribution is 5.36. The number of aliphatic hydroxyl groups is 2. The number of hydrogen-bond acceptors (Lipinski definition) is 5. The van der Waals surface area contributed by atoms with Crippen LogP contribution in [0.15, 0.2) is 15.8 Å². The van der Waals surface area contributed by atoms with E-state index in [0.717, 1.165) is 0 Å². The number of anilines is 1. The summed E-state index contributed by atoms with van der Waals surface area (Å²) in [6.07, 6.45) is 1.78. The SMILES string of the molecule is CNc1cn(C2CC(O)CC2CO)c(=O)[nH]c1=O. The largest absolute Gasteiger partial charge is 0.396 e. The van der Waals surface area contributed by atoms with Crippen LogP contribution in [0.1, 0.15) is 18.9 Å². The topological polar surface area (TPSA) is 107 Å². The Balaban J connectivity index is 2.44. The first-order chi connectivity index (χ1) is 8.56. The first-order valence-corrected chi connectivity index (χ1v) is 5.89. The van der Waals surface area contributed by atoms with Gasteiger partial charge in [0.1, 0.15) is 5.69 Å². The summed E-state index contributed by atoms with van der Waals surface area (Å²) in [4.78, 5) is 25.4. The lowest BCUT2D eigenvalue weighted by Crippen LogP contribution is -2.35. The molecule has 0 amide bonds. The number of aliphatic hydroxyl groups excluding tert-OH is 2. The quantitative estimate of drug-likeness (QED) is 0.547. The second kappa shape index (κ2) is 4.95. The molecule has 2 rings (SSSR count). The third-order valence-corrected chi connectivity index (χ3v) is 3.46. The van der Waals surface area contributed by atoms with Gasteiger partial charge in [-0.25, -0.2) is 4.79 Å². The van der Waals surface area contributed by atoms with Gasteiger partial charge in [0.05, 0.1) is 6.10 Å². The van der Waals surface area contributed by atoms with Crippen molar-refractivity contribution in [3.8, 4) is 0 Å². The minimum absolute atomic E-state index is 0.0951. The first-order valence-electron chi connectivity index (χ1n) is 5.89. The van der Waals surface area contributed by atoms with Gasteiger partial charge in [0.25, 0.3) is 5.56 Å². The molecule has 1 fully saturated rings. The van der Waals surface area contributed by atoms with Gasteiger partial charge < -0.3 is 15.5 Å². The summed E-state index contributed by atoms with van der Waals surface area (Å²) >= 11 is 0. The molecule has 1 aliphatic carbocycles. The Morgan fingerprint density at radius 1 is 1.50 bits per heavy atom. The Morgan fingerprint density at radius 2 is 2.22 bits per heavy atom. The van der Waals surface area contributed by atoms with E-state index in [-0.39, 0.29) is 24.3 Å². The molecule has 1 saturated carbocycles. The molecular weight excluding hydrogens is 238 g/mol. The van der Waals surface area contributed by atoms with Gasteiger partial charge in [0, 0.05) is 31.8 Å². The van der Waals surface area contributed by atoms with Crippen LogP contribution in [-0.4, -0.2) is 39.5 Å². The number of nitrogens with one attached hydrogen (secondary N) is 2. The van der Waals surface area contributed by atoms with Crippen molar-refractivity contribution in [1.82, 2.24) is 9.55 Å². The van der Waals surface area contributed by atoms with Crippen LogP contribution < -0.4 is 16.6 Å². The van der Waals surface area contributed by atoms with E-state index in [2.05, 4.69) is 10.3 Å². The van der Waals surface area contributed by atoms with E-state index in [1.165, 1.54) is 10.8 Å². The summed E-state index contributed by atoms with van der Waals surface area (Å²) in [7, 11) is 1.59. The van der Waals surface area contributed by atoms with Crippen LogP contribution in [0.3, 0.4) is 0 Å². The van der Waals surface area contributed by atoms with Gasteiger partial charge in [-0.3, -0.25) is 14.3 Å². The van der Waals surface area contributed by atoms with Gasteiger partial charge in [-0.15, -0.1) is 0 Å². The standard InChI is InChI=1S/C11H17N3O4/c1-12-8-4-14(11(18)13-10(8)17)9-3-7(16)2-6(9)5-15/h4,6-7,9,12,15-16H,2-3,5H2,1H3,(H,13,17,18). The van der Waals surface area contributed by atoms with E-state index in [0.29, 0.717) is 12.8 Å². The summed E-state index contributed by atoms with van der Waals surface area (Å²) in [5, 5.41) is 21.6. The van der Waals surface area contributed by atoms with Gasteiger partial charge >= 0.3 is 5.69 Å². The van der Waals surface area contributed by atoms with Crippen LogP contribution in [0, 0.1) is 5.92 Å². The van der Waals surface area contributed by atoms with E-state index in [1.807, 2.05) is 0 Å². The maximum atomic E-state index is 11.8. The molecule has 18 heavy (non-hydrogen) atoms. The maximum Gasteiger partial charge on any atom is 0.328 e. The molecule has 0 radical (unpaired) electrons. The van der Waals surface area contributed by atoms with Crippen LogP contribution in [-0.2, 0) is 0 Å². The molecule has 0 saturated heterocycles. The molecule has 1 heterocycles. The fourth-order valence-electron chi connectivity index (χ4n) is 2.52. The summed E-state index contributed by atoms with van der Waals surface area (Å²) in [6.45, 7) is -0.0951. The van der Waals surface area contributed by atoms with Gasteiger partial charge in [0.15, 0.2) is 0 Å². The highest BCUT2D eigenvalue weighted by atomic mass is 16.3. The fraction of sp³-hybridized carbons (Fsp3) is 0.636. The van der Waals surface area contributed by atoms with Crippen molar-refractivity contribution in [2.24, 2.45) is 5.92 Å². The number of H-pyrrole nitrogens is 1. The molecule has 4 N–H and O–H groups in total. The lowest BCUT2D eigenvalue weighted by Gasteiger charge is -2.20. The highest BCUT2D eigenvalue weighted by Crippen LogP contribution is 2.34. The summed E-state index contributed by atoms with van der Waals surface area (Å²) < 4.78 is 1.38. The summed E-state index contributed by atoms with van der Waals surface area (Å²) in [5.74, 6) is -0.173. The van der Waals surface area contributed by atoms with Crippen molar-refractivity contribution in [3.05, 3.63) is 27.0 Å². The van der Waals surface area contributed by atoms with E-state index in [1.54, 1.807) is 7.05 Å². The summed E-state index contributed by atoms with van der Waals surface area (Å²) in [6, 6.07) is -0.290. The third kappa shape index (κ3) is 2.19. The van der Waals surface area contributed by atoms with Crippen LogP contribution in [0.5, 0.6) is 0 Å². The number of hydrogen-bond donors (Lipinski definition) is 4. The Kier molecular flexibility index (Phi) is 3.53. The van der Waals surface area contributed by atoms with Gasteiger partial charge in [0.2, 0.25) is 0 Å². The zero-order valence-corrected chi connectivity index (χ0v) is 10.1. The smallest absolute Gasteiger partial charge is 0.328 e. The lowest BCUT2D eigenvalue weighted by molar-refractivity contribution is 0.162. The van der Waals surface area contributed by atoms with E-state index in [4.69, 9.17) is 0 Å². The van der Waals surface area contributed by atoms with Crippen molar-refractivity contribution >= 4 is 5.69 Å². The van der Waals surface area contributed by atoms with Gasteiger partial charge in [-0.05, 0) is 12.8 Å². The van der Waals surface area contributed by atoms with Crippen LogP contribution in [0.2, 0.25) is 0 Å². The molecule has 7 nitrogen and oxygen atoms in total.